The number of ether oxygens (including phenoxy) is 1. The Labute approximate surface area is 203 Å². The minimum atomic E-state index is 0.104. The predicted molar refractivity (Wildman–Crippen MR) is 137 cm³/mol. The van der Waals surface area contributed by atoms with Crippen LogP contribution < -0.4 is 15.8 Å². The second-order valence-electron chi connectivity index (χ2n) is 11.4. The third-order valence-electron chi connectivity index (χ3n) is 9.21. The smallest absolute Gasteiger partial charge is 0.119 e. The lowest BCUT2D eigenvalue weighted by Gasteiger charge is -2.64. The molecule has 7 rings (SSSR count). The second kappa shape index (κ2) is 8.39. The number of thiocarbonyl (C=S) groups is 1. The summed E-state index contributed by atoms with van der Waals surface area (Å²) in [4.78, 5) is 1.14. The number of hydrogen-bond donors (Lipinski definition) is 2. The van der Waals surface area contributed by atoms with Crippen LogP contribution in [-0.4, -0.2) is 23.2 Å². The summed E-state index contributed by atoms with van der Waals surface area (Å²) in [7, 11) is 0. The summed E-state index contributed by atoms with van der Waals surface area (Å²) in [5.41, 5.74) is 8.00. The van der Waals surface area contributed by atoms with Gasteiger partial charge in [-0.2, -0.15) is 0 Å². The summed E-state index contributed by atoms with van der Waals surface area (Å²) in [5, 5.41) is 3.86. The van der Waals surface area contributed by atoms with Gasteiger partial charge in [0.15, 0.2) is 0 Å². The average molecular weight is 461 g/mol. The summed E-state index contributed by atoms with van der Waals surface area (Å²) in [6.07, 6.45) is 10.8. The zero-order valence-corrected chi connectivity index (χ0v) is 20.2. The highest BCUT2D eigenvalue weighted by atomic mass is 32.1. The van der Waals surface area contributed by atoms with E-state index < -0.39 is 0 Å². The number of hydrogen-bond acceptors (Lipinski definition) is 3. The molecule has 3 N–H and O–H groups in total. The van der Waals surface area contributed by atoms with E-state index in [1.807, 2.05) is 0 Å². The van der Waals surface area contributed by atoms with E-state index in [1.54, 1.807) is 0 Å². The van der Waals surface area contributed by atoms with Crippen molar-refractivity contribution in [1.82, 2.24) is 5.32 Å². The molecule has 2 unspecified atom stereocenters. The number of rotatable bonds is 5. The first-order chi connectivity index (χ1) is 16.1. The van der Waals surface area contributed by atoms with Crippen molar-refractivity contribution in [3.05, 3.63) is 66.2 Å². The monoisotopic (exact) mass is 460 g/mol. The van der Waals surface area contributed by atoms with E-state index in [1.165, 1.54) is 24.8 Å². The van der Waals surface area contributed by atoms with Crippen LogP contribution in [0.3, 0.4) is 0 Å². The molecule has 33 heavy (non-hydrogen) atoms. The van der Waals surface area contributed by atoms with Crippen molar-refractivity contribution >= 4 is 17.2 Å². The first-order valence-corrected chi connectivity index (χ1v) is 13.3. The first-order valence-electron chi connectivity index (χ1n) is 12.9. The molecule has 4 heteroatoms. The summed E-state index contributed by atoms with van der Waals surface area (Å²) in [5.74, 6) is 2.11. The normalized spacial score (nSPS) is 39.2. The van der Waals surface area contributed by atoms with Crippen LogP contribution in [0.2, 0.25) is 0 Å². The number of nitrogens with two attached hydrogens (primary N) is 1. The molecule has 0 amide bonds. The average Bonchev–Trinajstić information content (AvgIpc) is 2.84. The van der Waals surface area contributed by atoms with Crippen molar-refractivity contribution in [1.29, 1.82) is 0 Å². The second-order valence-corrected chi connectivity index (χ2v) is 11.8. The van der Waals surface area contributed by atoms with E-state index in [9.17, 15) is 0 Å². The van der Waals surface area contributed by atoms with Crippen molar-refractivity contribution in [2.45, 2.75) is 81.4 Å². The molecule has 0 aromatic heterocycles. The van der Waals surface area contributed by atoms with Gasteiger partial charge in [-0.15, -0.1) is 0 Å². The number of para-hydroxylation sites is 1. The molecule has 3 nitrogen and oxygen atoms in total. The Morgan fingerprint density at radius 1 is 0.848 bits per heavy atom. The van der Waals surface area contributed by atoms with Crippen LogP contribution >= 0.6 is 12.2 Å². The Morgan fingerprint density at radius 3 is 2.09 bits per heavy atom. The predicted octanol–water partition coefficient (Wildman–Crippen LogP) is 5.77. The van der Waals surface area contributed by atoms with Crippen LogP contribution in [0.25, 0.3) is 0 Å². The van der Waals surface area contributed by atoms with Gasteiger partial charge in [0.05, 0.1) is 4.99 Å². The molecule has 0 heterocycles. The molecule has 2 aromatic rings. The van der Waals surface area contributed by atoms with Crippen molar-refractivity contribution in [2.75, 3.05) is 0 Å². The Hall–Kier alpha value is -1.91. The van der Waals surface area contributed by atoms with Crippen molar-refractivity contribution in [2.24, 2.45) is 23.0 Å². The Bertz CT molecular complexity index is 969. The maximum absolute atomic E-state index is 6.68. The van der Waals surface area contributed by atoms with Crippen molar-refractivity contribution in [3.8, 4) is 5.75 Å². The highest BCUT2D eigenvalue weighted by Gasteiger charge is 2.63. The van der Waals surface area contributed by atoms with Gasteiger partial charge < -0.3 is 15.8 Å². The van der Waals surface area contributed by atoms with Gasteiger partial charge >= 0.3 is 0 Å². The van der Waals surface area contributed by atoms with Crippen LogP contribution in [0.5, 0.6) is 5.75 Å². The fourth-order valence-corrected chi connectivity index (χ4v) is 8.36. The largest absolute Gasteiger partial charge is 0.490 e. The van der Waals surface area contributed by atoms with Gasteiger partial charge in [0.25, 0.3) is 0 Å². The van der Waals surface area contributed by atoms with E-state index in [2.05, 4.69) is 66.0 Å². The maximum atomic E-state index is 6.68. The number of nitrogens with one attached hydrogen (secondary N) is 1. The molecule has 2 atom stereocenters. The van der Waals surface area contributed by atoms with Crippen LogP contribution in [0, 0.1) is 17.3 Å². The Morgan fingerprint density at radius 2 is 1.45 bits per heavy atom. The van der Waals surface area contributed by atoms with E-state index in [0.717, 1.165) is 49.3 Å². The maximum Gasteiger partial charge on any atom is 0.119 e. The van der Waals surface area contributed by atoms with E-state index in [4.69, 9.17) is 22.7 Å². The third-order valence-corrected chi connectivity index (χ3v) is 9.76. The number of benzene rings is 2. The first kappa shape index (κ1) is 21.6. The van der Waals surface area contributed by atoms with Crippen LogP contribution in [0.4, 0.5) is 0 Å². The van der Waals surface area contributed by atoms with Crippen LogP contribution in [0.1, 0.15) is 63.4 Å². The van der Waals surface area contributed by atoms with Gasteiger partial charge in [-0.25, -0.2) is 0 Å². The minimum Gasteiger partial charge on any atom is -0.490 e. The van der Waals surface area contributed by atoms with Gasteiger partial charge in [0.2, 0.25) is 0 Å². The van der Waals surface area contributed by atoms with Gasteiger partial charge in [0.1, 0.15) is 11.9 Å². The molecule has 5 saturated carbocycles. The molecule has 0 aliphatic heterocycles. The minimum absolute atomic E-state index is 0.104. The van der Waals surface area contributed by atoms with Gasteiger partial charge in [-0.3, -0.25) is 0 Å². The Balaban J connectivity index is 1.29. The SMILES string of the molecule is NC1CCC(NC(=S)C23CC4CC(c5ccccc5)(CC(C2)C4Oc2ccccc2)C3)CC1. The highest BCUT2D eigenvalue weighted by molar-refractivity contribution is 7.80. The quantitative estimate of drug-likeness (QED) is 0.556. The van der Waals surface area contributed by atoms with Crippen molar-refractivity contribution < 1.29 is 4.74 Å². The van der Waals surface area contributed by atoms with Gasteiger partial charge in [0, 0.05) is 17.5 Å². The standard InChI is InChI=1S/C29H36N2OS/c30-23-11-13-24(14-12-23)31-27(33)29-17-20-15-28(19-29,22-7-3-1-4-8-22)16-21(18-29)26(20)32-25-9-5-2-6-10-25/h1-10,20-21,23-24,26H,11-19,30H2,(H,31,33). The zero-order valence-electron chi connectivity index (χ0n) is 19.4. The van der Waals surface area contributed by atoms with Gasteiger partial charge in [-0.1, -0.05) is 60.7 Å². The molecule has 0 saturated heterocycles. The third kappa shape index (κ3) is 3.89. The molecule has 2 aromatic carbocycles. The van der Waals surface area contributed by atoms with Gasteiger partial charge in [-0.05, 0) is 92.7 Å². The molecule has 5 aliphatic rings. The van der Waals surface area contributed by atoms with E-state index in [-0.39, 0.29) is 10.8 Å². The van der Waals surface area contributed by atoms with Crippen molar-refractivity contribution in [3.63, 3.8) is 0 Å². The summed E-state index contributed by atoms with van der Waals surface area (Å²) in [6.45, 7) is 0. The molecule has 0 radical (unpaired) electrons. The molecular weight excluding hydrogens is 424 g/mol. The molecular formula is C29H36N2OS. The molecule has 5 aliphatic carbocycles. The molecule has 174 valence electrons. The molecule has 5 fully saturated rings. The highest BCUT2D eigenvalue weighted by Crippen LogP contribution is 2.66. The fraction of sp³-hybridized carbons (Fsp3) is 0.552. The zero-order chi connectivity index (χ0) is 22.5. The molecule has 0 spiro atoms. The summed E-state index contributed by atoms with van der Waals surface area (Å²) < 4.78 is 6.68. The lowest BCUT2D eigenvalue weighted by molar-refractivity contribution is -0.113. The molecule has 4 bridgehead atoms. The lowest BCUT2D eigenvalue weighted by atomic mass is 9.42. The van der Waals surface area contributed by atoms with Crippen LogP contribution in [0.15, 0.2) is 60.7 Å². The summed E-state index contributed by atoms with van der Waals surface area (Å²) >= 11 is 6.24. The van der Waals surface area contributed by atoms with Crippen LogP contribution in [-0.2, 0) is 5.41 Å². The summed E-state index contributed by atoms with van der Waals surface area (Å²) in [6, 6.07) is 22.6. The topological polar surface area (TPSA) is 47.3 Å². The fourth-order valence-electron chi connectivity index (χ4n) is 7.95. The van der Waals surface area contributed by atoms with E-state index >= 15 is 0 Å². The van der Waals surface area contributed by atoms with E-state index in [0.29, 0.717) is 30.0 Å². The lowest BCUT2D eigenvalue weighted by Crippen LogP contribution is -2.64. The Kier molecular flexibility index (Phi) is 5.49.